The number of aliphatic hydroxyl groups is 1. The minimum Gasteiger partial charge on any atom is -0.375 e. The lowest BCUT2D eigenvalue weighted by Gasteiger charge is -2.27. The highest BCUT2D eigenvalue weighted by Crippen LogP contribution is 2.37. The van der Waals surface area contributed by atoms with Gasteiger partial charge in [0, 0.05) is 12.7 Å². The molecule has 3 aromatic heterocycles. The number of hydrogen-bond acceptors (Lipinski definition) is 7. The normalized spacial score (nSPS) is 21.8. The largest absolute Gasteiger partial charge is 0.422 e. The Morgan fingerprint density at radius 2 is 1.97 bits per heavy atom. The number of alkyl halides is 4. The van der Waals surface area contributed by atoms with Gasteiger partial charge in [0.1, 0.15) is 11.9 Å². The summed E-state index contributed by atoms with van der Waals surface area (Å²) >= 11 is 0. The van der Waals surface area contributed by atoms with Crippen LogP contribution in [-0.4, -0.2) is 60.9 Å². The smallest absolute Gasteiger partial charge is 0.375 e. The van der Waals surface area contributed by atoms with Crippen LogP contribution in [0.4, 0.5) is 27.9 Å². The number of rotatable bonds is 4. The first-order valence-corrected chi connectivity index (χ1v) is 9.35. The van der Waals surface area contributed by atoms with Crippen LogP contribution in [0.1, 0.15) is 19.0 Å². The third kappa shape index (κ3) is 3.90. The van der Waals surface area contributed by atoms with Crippen molar-refractivity contribution in [1.29, 1.82) is 0 Å². The number of fused-ring (bicyclic) bond motifs is 1. The van der Waals surface area contributed by atoms with Gasteiger partial charge in [-0.25, -0.2) is 23.7 Å². The Morgan fingerprint density at radius 3 is 2.68 bits per heavy atom. The number of anilines is 1. The van der Waals surface area contributed by atoms with Crippen molar-refractivity contribution in [1.82, 2.24) is 29.7 Å². The third-order valence-corrected chi connectivity index (χ3v) is 5.15. The van der Waals surface area contributed by atoms with E-state index in [0.29, 0.717) is 26.4 Å². The predicted octanol–water partition coefficient (Wildman–Crippen LogP) is 2.21. The Labute approximate surface area is 172 Å². The van der Waals surface area contributed by atoms with Gasteiger partial charge in [-0.3, -0.25) is 9.38 Å². The predicted molar refractivity (Wildman–Crippen MR) is 99.4 cm³/mol. The molecule has 3 atom stereocenters. The van der Waals surface area contributed by atoms with Crippen LogP contribution in [-0.2, 0) is 5.60 Å². The molecule has 0 unspecified atom stereocenters. The number of imidazole rings is 1. The average Bonchev–Trinajstić information content (AvgIpc) is 3.13. The lowest BCUT2D eigenvalue weighted by molar-refractivity contribution is -0.260. The van der Waals surface area contributed by atoms with Crippen LogP contribution in [0.15, 0.2) is 24.8 Å². The molecule has 8 nitrogen and oxygen atoms in total. The molecule has 1 aliphatic heterocycles. The van der Waals surface area contributed by atoms with Crippen molar-refractivity contribution in [3.05, 3.63) is 36.3 Å². The molecule has 31 heavy (non-hydrogen) atoms. The molecule has 3 aromatic rings. The van der Waals surface area contributed by atoms with Crippen LogP contribution in [0.5, 0.6) is 0 Å². The van der Waals surface area contributed by atoms with Gasteiger partial charge in [0.05, 0.1) is 36.0 Å². The van der Waals surface area contributed by atoms with Gasteiger partial charge in [-0.1, -0.05) is 0 Å². The zero-order valence-corrected chi connectivity index (χ0v) is 16.2. The average molecular weight is 443 g/mol. The summed E-state index contributed by atoms with van der Waals surface area (Å²) in [5.41, 5.74) is -4.06. The highest BCUT2D eigenvalue weighted by molar-refractivity contribution is 5.61. The van der Waals surface area contributed by atoms with E-state index in [2.05, 4.69) is 30.6 Å². The monoisotopic (exact) mass is 443 g/mol. The van der Waals surface area contributed by atoms with Crippen LogP contribution in [0, 0.1) is 5.82 Å². The lowest BCUT2D eigenvalue weighted by atomic mass is 10.0. The first kappa shape index (κ1) is 21.3. The van der Waals surface area contributed by atoms with Crippen molar-refractivity contribution in [2.45, 2.75) is 37.3 Å². The molecule has 1 saturated heterocycles. The summed E-state index contributed by atoms with van der Waals surface area (Å²) in [6.45, 7) is 1.43. The number of hydrogen-bond donors (Lipinski definition) is 3. The molecule has 0 radical (unpaired) electrons. The molecular formula is C18H18F5N7O. The summed E-state index contributed by atoms with van der Waals surface area (Å²) in [7, 11) is 0. The number of nitrogens with one attached hydrogen (secondary N) is 2. The first-order chi connectivity index (χ1) is 14.6. The van der Waals surface area contributed by atoms with E-state index in [1.807, 2.05) is 0 Å². The van der Waals surface area contributed by atoms with Crippen molar-refractivity contribution in [3.8, 4) is 11.4 Å². The summed E-state index contributed by atoms with van der Waals surface area (Å²) in [5, 5.41) is 15.7. The Hall–Kier alpha value is -2.93. The summed E-state index contributed by atoms with van der Waals surface area (Å²) < 4.78 is 69.3. The highest BCUT2D eigenvalue weighted by atomic mass is 19.4. The highest BCUT2D eigenvalue weighted by Gasteiger charge is 2.52. The van der Waals surface area contributed by atoms with Crippen molar-refractivity contribution >= 4 is 11.6 Å². The molecule has 0 spiro atoms. The summed E-state index contributed by atoms with van der Waals surface area (Å²) in [6, 6.07) is -0.619. The topological polar surface area (TPSA) is 100 Å². The molecule has 0 amide bonds. The summed E-state index contributed by atoms with van der Waals surface area (Å²) in [5.74, 6) is -0.897. The maximum atomic E-state index is 14.5. The molecule has 0 bridgehead atoms. The third-order valence-electron chi connectivity index (χ3n) is 5.15. The molecule has 4 heterocycles. The van der Waals surface area contributed by atoms with Crippen LogP contribution >= 0.6 is 0 Å². The maximum absolute atomic E-state index is 14.5. The summed E-state index contributed by atoms with van der Waals surface area (Å²) in [4.78, 5) is 15.5. The van der Waals surface area contributed by atoms with Gasteiger partial charge in [0.2, 0.25) is 11.5 Å². The van der Waals surface area contributed by atoms with Crippen LogP contribution < -0.4 is 10.6 Å². The van der Waals surface area contributed by atoms with E-state index < -0.39 is 35.5 Å². The van der Waals surface area contributed by atoms with Gasteiger partial charge in [-0.15, -0.1) is 0 Å². The van der Waals surface area contributed by atoms with Crippen molar-refractivity contribution in [2.24, 2.45) is 0 Å². The minimum atomic E-state index is -4.98. The van der Waals surface area contributed by atoms with Crippen molar-refractivity contribution < 1.29 is 27.1 Å². The maximum Gasteiger partial charge on any atom is 0.422 e. The summed E-state index contributed by atoms with van der Waals surface area (Å²) in [6.07, 6.45) is -1.80. The molecular weight excluding hydrogens is 425 g/mol. The van der Waals surface area contributed by atoms with E-state index in [1.165, 1.54) is 6.20 Å². The van der Waals surface area contributed by atoms with E-state index >= 15 is 0 Å². The Balaban J connectivity index is 1.74. The number of nitrogens with zero attached hydrogens (tertiary/aromatic N) is 5. The Bertz CT molecular complexity index is 1100. The Morgan fingerprint density at radius 1 is 1.19 bits per heavy atom. The van der Waals surface area contributed by atoms with Gasteiger partial charge in [0.25, 0.3) is 0 Å². The first-order valence-electron chi connectivity index (χ1n) is 9.35. The second kappa shape index (κ2) is 7.64. The van der Waals surface area contributed by atoms with Crippen molar-refractivity contribution in [2.75, 3.05) is 18.4 Å². The van der Waals surface area contributed by atoms with Crippen molar-refractivity contribution in [3.63, 3.8) is 0 Å². The zero-order chi connectivity index (χ0) is 22.4. The fraction of sp³-hybridized carbons (Fsp3) is 0.444. The quantitative estimate of drug-likeness (QED) is 0.532. The zero-order valence-electron chi connectivity index (χ0n) is 16.2. The van der Waals surface area contributed by atoms with Gasteiger partial charge in [0.15, 0.2) is 11.5 Å². The van der Waals surface area contributed by atoms with Crippen LogP contribution in [0.25, 0.3) is 17.0 Å². The molecule has 166 valence electrons. The molecule has 1 aliphatic rings. The van der Waals surface area contributed by atoms with Gasteiger partial charge >= 0.3 is 6.18 Å². The molecule has 0 aromatic carbocycles. The number of piperidine rings is 1. The molecule has 0 aliphatic carbocycles. The van der Waals surface area contributed by atoms with E-state index in [0.717, 1.165) is 23.0 Å². The second-order valence-electron chi connectivity index (χ2n) is 7.36. The second-order valence-corrected chi connectivity index (χ2v) is 7.36. The molecule has 4 rings (SSSR count). The fourth-order valence-electron chi connectivity index (χ4n) is 3.21. The van der Waals surface area contributed by atoms with E-state index in [4.69, 9.17) is 0 Å². The number of halogens is 5. The molecule has 3 N–H and O–H groups in total. The molecule has 0 saturated carbocycles. The SMILES string of the molecule is C[C@](O)(c1cn2c(-c3nc(N[C@H]4CNCC[C@@H]4F)ncc3F)cnc2cn1)C(F)(F)F. The fourth-order valence-corrected chi connectivity index (χ4v) is 3.21. The lowest BCUT2D eigenvalue weighted by Crippen LogP contribution is -2.46. The van der Waals surface area contributed by atoms with E-state index in [1.54, 1.807) is 0 Å². The van der Waals surface area contributed by atoms with Gasteiger partial charge < -0.3 is 15.7 Å². The van der Waals surface area contributed by atoms with Gasteiger partial charge in [-0.2, -0.15) is 13.2 Å². The Kier molecular flexibility index (Phi) is 5.25. The molecule has 1 fully saturated rings. The standard InChI is InChI=1S/C18H18F5N7O/c1-17(31,18(21,22)23)13-8-30-12(6-26-14(30)7-25-13)15-10(20)4-27-16(29-15)28-11-5-24-3-2-9(11)19/h4,6-9,11,24,31H,2-3,5H2,1H3,(H,27,28,29)/t9-,11-,17-/m0/s1. The van der Waals surface area contributed by atoms with Crippen LogP contribution in [0.2, 0.25) is 0 Å². The van der Waals surface area contributed by atoms with E-state index in [-0.39, 0.29) is 23.0 Å². The minimum absolute atomic E-state index is 0.0122. The van der Waals surface area contributed by atoms with Gasteiger partial charge in [-0.05, 0) is 19.9 Å². The van der Waals surface area contributed by atoms with E-state index in [9.17, 15) is 27.1 Å². The van der Waals surface area contributed by atoms with Crippen LogP contribution in [0.3, 0.4) is 0 Å². The molecule has 13 heteroatoms. The number of aromatic nitrogens is 5.